The van der Waals surface area contributed by atoms with Gasteiger partial charge in [-0.05, 0) is 19.9 Å². The van der Waals surface area contributed by atoms with Gasteiger partial charge in [-0.15, -0.1) is 0 Å². The maximum Gasteiger partial charge on any atom is 0.251 e. The first kappa shape index (κ1) is 16.3. The first-order chi connectivity index (χ1) is 9.49. The number of hydrogen-bond acceptors (Lipinski definition) is 4. The molecular weight excluding hydrogens is 256 g/mol. The Hall–Kier alpha value is -1.80. The van der Waals surface area contributed by atoms with E-state index in [1.54, 1.807) is 24.0 Å². The second-order valence-corrected chi connectivity index (χ2v) is 4.97. The standard InChI is InChI=1S/C15H22N2O3/c1-4-5-14(11(2)10-16)20-13-6-8-17(9-7-13)15(19)12(3)18/h4-5,11-13,18H,1,6-9H2,2-3H3/b14-5+/t11?,12-/m0/s1. The molecule has 1 heterocycles. The van der Waals surface area contributed by atoms with E-state index in [4.69, 9.17) is 10.00 Å². The number of carbonyl (C=O) groups excluding carboxylic acids is 1. The topological polar surface area (TPSA) is 73.6 Å². The summed E-state index contributed by atoms with van der Waals surface area (Å²) in [5.41, 5.74) is 0. The van der Waals surface area contributed by atoms with Crippen LogP contribution in [0.15, 0.2) is 24.5 Å². The fourth-order valence-electron chi connectivity index (χ4n) is 2.12. The molecule has 0 saturated carbocycles. The van der Waals surface area contributed by atoms with Gasteiger partial charge in [0, 0.05) is 25.9 Å². The van der Waals surface area contributed by atoms with Crippen LogP contribution in [0.4, 0.5) is 0 Å². The second-order valence-electron chi connectivity index (χ2n) is 4.97. The summed E-state index contributed by atoms with van der Waals surface area (Å²) in [4.78, 5) is 13.3. The van der Waals surface area contributed by atoms with Gasteiger partial charge in [0.25, 0.3) is 5.91 Å². The molecule has 1 rings (SSSR count). The lowest BCUT2D eigenvalue weighted by molar-refractivity contribution is -0.141. The molecule has 1 amide bonds. The van der Waals surface area contributed by atoms with Crippen LogP contribution in [0.3, 0.4) is 0 Å². The van der Waals surface area contributed by atoms with E-state index in [-0.39, 0.29) is 17.9 Å². The van der Waals surface area contributed by atoms with Gasteiger partial charge >= 0.3 is 0 Å². The maximum atomic E-state index is 11.7. The van der Waals surface area contributed by atoms with E-state index >= 15 is 0 Å². The lowest BCUT2D eigenvalue weighted by Gasteiger charge is -2.33. The van der Waals surface area contributed by atoms with Crippen molar-refractivity contribution in [1.29, 1.82) is 5.26 Å². The third kappa shape index (κ3) is 4.39. The summed E-state index contributed by atoms with van der Waals surface area (Å²) in [6.07, 6.45) is 3.75. The predicted molar refractivity (Wildman–Crippen MR) is 75.4 cm³/mol. The largest absolute Gasteiger partial charge is 0.493 e. The number of piperidine rings is 1. The van der Waals surface area contributed by atoms with Crippen molar-refractivity contribution in [2.75, 3.05) is 13.1 Å². The van der Waals surface area contributed by atoms with E-state index in [0.29, 0.717) is 31.7 Å². The Morgan fingerprint density at radius 3 is 2.55 bits per heavy atom. The van der Waals surface area contributed by atoms with Crippen molar-refractivity contribution in [3.05, 3.63) is 24.5 Å². The van der Waals surface area contributed by atoms with Crippen molar-refractivity contribution in [1.82, 2.24) is 4.90 Å². The quantitative estimate of drug-likeness (QED) is 0.612. The van der Waals surface area contributed by atoms with Gasteiger partial charge in [0.2, 0.25) is 0 Å². The molecule has 1 unspecified atom stereocenters. The molecule has 1 fully saturated rings. The molecule has 2 atom stereocenters. The molecule has 1 N–H and O–H groups in total. The Morgan fingerprint density at radius 1 is 1.50 bits per heavy atom. The number of aliphatic hydroxyl groups is 1. The van der Waals surface area contributed by atoms with Crippen LogP contribution < -0.4 is 0 Å². The van der Waals surface area contributed by atoms with Gasteiger partial charge in [0.1, 0.15) is 23.9 Å². The van der Waals surface area contributed by atoms with Crippen LogP contribution in [-0.2, 0) is 9.53 Å². The van der Waals surface area contributed by atoms with Gasteiger partial charge in [0.15, 0.2) is 0 Å². The number of nitriles is 1. The van der Waals surface area contributed by atoms with Gasteiger partial charge in [-0.1, -0.05) is 12.7 Å². The monoisotopic (exact) mass is 278 g/mol. The Labute approximate surface area is 120 Å². The highest BCUT2D eigenvalue weighted by Gasteiger charge is 2.26. The normalized spacial score (nSPS) is 19.9. The molecule has 1 aliphatic rings. The molecule has 0 aliphatic carbocycles. The second kappa shape index (κ2) is 7.71. The zero-order valence-electron chi connectivity index (χ0n) is 12.1. The van der Waals surface area contributed by atoms with E-state index in [1.807, 2.05) is 0 Å². The van der Waals surface area contributed by atoms with Crippen LogP contribution in [0.2, 0.25) is 0 Å². The third-order valence-electron chi connectivity index (χ3n) is 3.32. The Morgan fingerprint density at radius 2 is 2.10 bits per heavy atom. The zero-order valence-corrected chi connectivity index (χ0v) is 12.1. The van der Waals surface area contributed by atoms with Crippen LogP contribution in [0.5, 0.6) is 0 Å². The summed E-state index contributed by atoms with van der Waals surface area (Å²) in [6, 6.07) is 2.14. The Bertz CT molecular complexity index is 415. The molecule has 0 spiro atoms. The summed E-state index contributed by atoms with van der Waals surface area (Å²) in [6.45, 7) is 8.01. The lowest BCUT2D eigenvalue weighted by Crippen LogP contribution is -2.44. The fraction of sp³-hybridized carbons (Fsp3) is 0.600. The highest BCUT2D eigenvalue weighted by Crippen LogP contribution is 2.21. The van der Waals surface area contributed by atoms with Gasteiger partial charge in [0.05, 0.1) is 6.07 Å². The number of amides is 1. The molecule has 0 bridgehead atoms. The summed E-state index contributed by atoms with van der Waals surface area (Å²) in [7, 11) is 0. The Balaban J connectivity index is 2.53. The predicted octanol–water partition coefficient (Wildman–Crippen LogP) is 1.60. The fourth-order valence-corrected chi connectivity index (χ4v) is 2.12. The lowest BCUT2D eigenvalue weighted by atomic mass is 10.1. The van der Waals surface area contributed by atoms with E-state index in [1.165, 1.54) is 6.92 Å². The molecule has 1 saturated heterocycles. The van der Waals surface area contributed by atoms with Crippen LogP contribution in [-0.4, -0.2) is 41.2 Å². The Kier molecular flexibility index (Phi) is 6.26. The van der Waals surface area contributed by atoms with Crippen molar-refractivity contribution in [3.63, 3.8) is 0 Å². The average molecular weight is 278 g/mol. The van der Waals surface area contributed by atoms with Gasteiger partial charge < -0.3 is 14.7 Å². The molecule has 5 heteroatoms. The number of allylic oxidation sites excluding steroid dienone is 3. The zero-order chi connectivity index (χ0) is 15.1. The highest BCUT2D eigenvalue weighted by molar-refractivity contribution is 5.80. The van der Waals surface area contributed by atoms with E-state index < -0.39 is 6.10 Å². The molecule has 0 aromatic rings. The van der Waals surface area contributed by atoms with Crippen molar-refractivity contribution in [2.45, 2.75) is 38.9 Å². The van der Waals surface area contributed by atoms with Crippen LogP contribution in [0.25, 0.3) is 0 Å². The van der Waals surface area contributed by atoms with E-state index in [0.717, 1.165) is 0 Å². The summed E-state index contributed by atoms with van der Waals surface area (Å²) in [5, 5.41) is 18.2. The van der Waals surface area contributed by atoms with Crippen LogP contribution >= 0.6 is 0 Å². The van der Waals surface area contributed by atoms with E-state index in [2.05, 4.69) is 12.6 Å². The summed E-state index contributed by atoms with van der Waals surface area (Å²) < 4.78 is 5.84. The molecule has 0 radical (unpaired) electrons. The SMILES string of the molecule is C=C/C=C(/OC1CCN(C(=O)[C@H](C)O)CC1)C(C)C#N. The maximum absolute atomic E-state index is 11.7. The van der Waals surface area contributed by atoms with Gasteiger partial charge in [-0.25, -0.2) is 0 Å². The number of ether oxygens (including phenoxy) is 1. The van der Waals surface area contributed by atoms with Crippen LogP contribution in [0, 0.1) is 17.2 Å². The molecule has 110 valence electrons. The van der Waals surface area contributed by atoms with E-state index in [9.17, 15) is 9.90 Å². The first-order valence-corrected chi connectivity index (χ1v) is 6.85. The minimum Gasteiger partial charge on any atom is -0.493 e. The number of rotatable bonds is 5. The molecule has 0 aromatic carbocycles. The highest BCUT2D eigenvalue weighted by atomic mass is 16.5. The van der Waals surface area contributed by atoms with Gasteiger partial charge in [-0.3, -0.25) is 4.79 Å². The number of nitrogens with zero attached hydrogens (tertiary/aromatic N) is 2. The first-order valence-electron chi connectivity index (χ1n) is 6.85. The number of hydrogen-bond donors (Lipinski definition) is 1. The van der Waals surface area contributed by atoms with Gasteiger partial charge in [-0.2, -0.15) is 5.26 Å². The van der Waals surface area contributed by atoms with Crippen LogP contribution in [0.1, 0.15) is 26.7 Å². The average Bonchev–Trinajstić information content (AvgIpc) is 2.45. The summed E-state index contributed by atoms with van der Waals surface area (Å²) in [5.74, 6) is 0.0589. The van der Waals surface area contributed by atoms with Crippen molar-refractivity contribution >= 4 is 5.91 Å². The number of aliphatic hydroxyl groups excluding tert-OH is 1. The molecular formula is C15H22N2O3. The number of carbonyl (C=O) groups is 1. The van der Waals surface area contributed by atoms with Crippen molar-refractivity contribution in [2.24, 2.45) is 5.92 Å². The third-order valence-corrected chi connectivity index (χ3v) is 3.32. The number of likely N-dealkylation sites (tertiary alicyclic amines) is 1. The smallest absolute Gasteiger partial charge is 0.251 e. The molecule has 20 heavy (non-hydrogen) atoms. The molecule has 1 aliphatic heterocycles. The minimum atomic E-state index is -0.956. The van der Waals surface area contributed by atoms with Crippen molar-refractivity contribution in [3.8, 4) is 6.07 Å². The molecule has 0 aromatic heterocycles. The van der Waals surface area contributed by atoms with Crippen molar-refractivity contribution < 1.29 is 14.6 Å². The molecule has 5 nitrogen and oxygen atoms in total. The minimum absolute atomic E-state index is 0.00458. The summed E-state index contributed by atoms with van der Waals surface area (Å²) >= 11 is 0.